The Morgan fingerprint density at radius 1 is 1.33 bits per heavy atom. The number of rotatable bonds is 0. The molecule has 0 fully saturated rings. The van der Waals surface area contributed by atoms with Gasteiger partial charge in [0.05, 0.1) is 0 Å². The topological polar surface area (TPSA) is 70.8 Å². The Labute approximate surface area is 63.8 Å². The second kappa shape index (κ2) is 10.8. The fourth-order valence-electron chi connectivity index (χ4n) is 0. The predicted molar refractivity (Wildman–Crippen MR) is 45.4 cm³/mol. The molecule has 0 aromatic heterocycles. The van der Waals surface area contributed by atoms with Gasteiger partial charge < -0.3 is 15.3 Å². The van der Waals surface area contributed by atoms with Crippen molar-refractivity contribution in [2.75, 3.05) is 0 Å². The zero-order valence-corrected chi connectivity index (χ0v) is 4.36. The predicted octanol–water partition coefficient (Wildman–Crippen LogP) is 1.03. The molecule has 5 heteroatoms. The van der Waals surface area contributed by atoms with Gasteiger partial charge in [-0.05, 0) is 0 Å². The lowest BCUT2D eigenvalue weighted by atomic mass is 11.5. The smallest absolute Gasteiger partial charge is 0.0776 e. The Balaban J connectivity index is -0.0000000417. The lowest BCUT2D eigenvalue weighted by Gasteiger charge is -2.08. The van der Waals surface area contributed by atoms with E-state index >= 15 is 0 Å². The first-order chi connectivity index (χ1) is 2.64. The van der Waals surface area contributed by atoms with E-state index in [1.165, 1.54) is 0 Å². The first-order valence-electron chi connectivity index (χ1n) is 1.03. The Morgan fingerprint density at radius 3 is 1.44 bits per heavy atom. The second-order valence-corrected chi connectivity index (χ2v) is 2.46. The third-order valence-electron chi connectivity index (χ3n) is 0.168. The van der Waals surface area contributed by atoms with Crippen LogP contribution in [0, 0.1) is 10.2 Å². The summed E-state index contributed by atoms with van der Waals surface area (Å²) in [6.07, 6.45) is 0. The molecule has 2 N–H and O–H groups in total. The van der Waals surface area contributed by atoms with Crippen molar-refractivity contribution in [2.24, 2.45) is 0 Å². The summed E-state index contributed by atoms with van der Waals surface area (Å²) in [4.78, 5) is 0. The molecule has 0 aliphatic heterocycles. The van der Waals surface area contributed by atoms with E-state index in [0.29, 0.717) is 0 Å². The summed E-state index contributed by atoms with van der Waals surface area (Å²) < 4.78 is 6.34. The normalized spacial score (nSPS) is 5.89. The van der Waals surface area contributed by atoms with Gasteiger partial charge in [-0.3, -0.25) is 9.25 Å². The van der Waals surface area contributed by atoms with Gasteiger partial charge in [0, 0.05) is 0 Å². The van der Waals surface area contributed by atoms with Crippen molar-refractivity contribution in [1.82, 2.24) is 0 Å². The van der Waals surface area contributed by atoms with Gasteiger partial charge >= 0.3 is 0 Å². The molecule has 0 atom stereocenters. The summed E-state index contributed by atoms with van der Waals surface area (Å²) in [7, 11) is -1.51. The highest BCUT2D eigenvalue weighted by Gasteiger charge is 1.44. The van der Waals surface area contributed by atoms with Gasteiger partial charge in [0.15, 0.2) is 0 Å². The van der Waals surface area contributed by atoms with E-state index in [2.05, 4.69) is 11.2 Å². The van der Waals surface area contributed by atoms with Gasteiger partial charge in [0.1, 0.15) is 0 Å². The Morgan fingerprint density at radius 2 is 1.44 bits per heavy atom. The minimum Gasteiger partial charge on any atom is -0.878 e. The molecule has 0 aliphatic rings. The number of hydrogen-bond acceptors (Lipinski definition) is 5. The molecule has 0 saturated heterocycles. The minimum absolute atomic E-state index is 0. The van der Waals surface area contributed by atoms with E-state index in [1.807, 2.05) is 0 Å². The monoisotopic (exact) mass is 170 g/mol. The highest BCUT2D eigenvalue weighted by molar-refractivity contribution is 8.30. The van der Waals surface area contributed by atoms with Crippen LogP contribution in [0.4, 0.5) is 0 Å². The van der Waals surface area contributed by atoms with Crippen LogP contribution in [0.15, 0.2) is 0 Å². The van der Waals surface area contributed by atoms with Crippen LogP contribution >= 0.6 is 0 Å². The summed E-state index contributed by atoms with van der Waals surface area (Å²) >= 11 is 4.06. The molecule has 9 heavy (non-hydrogen) atoms. The number of hydrogen-bond donors (Lipinski definition) is 2. The summed E-state index contributed by atoms with van der Waals surface area (Å²) in [5, 5.41) is 14.7. The highest BCUT2D eigenvalue weighted by atomic mass is 32.8. The van der Waals surface area contributed by atoms with Crippen LogP contribution in [0.1, 0.15) is 22.3 Å². The Kier molecular flexibility index (Phi) is 27.7. The Bertz CT molecular complexity index is 123. The van der Waals surface area contributed by atoms with Crippen molar-refractivity contribution in [3.05, 3.63) is 0 Å². The van der Waals surface area contributed by atoms with Crippen LogP contribution < -0.4 is 5.11 Å². The first kappa shape index (κ1) is 23.2. The molecular weight excluding hydrogens is 156 g/mol. The SMILES string of the molecule is C.C.C.N=C([O-])[S-](=N)=S. The van der Waals surface area contributed by atoms with Gasteiger partial charge in [-0.15, -0.1) is 5.23 Å². The van der Waals surface area contributed by atoms with E-state index in [1.54, 1.807) is 0 Å². The minimum atomic E-state index is -1.51. The largest absolute Gasteiger partial charge is 0.878 e. The third kappa shape index (κ3) is 18.1. The van der Waals surface area contributed by atoms with Crippen molar-refractivity contribution >= 4 is 25.7 Å². The zero-order chi connectivity index (χ0) is 5.15. The van der Waals surface area contributed by atoms with Crippen molar-refractivity contribution in [3.8, 4) is 0 Å². The molecule has 0 aromatic carbocycles. The fourth-order valence-corrected chi connectivity index (χ4v) is 0. The fraction of sp³-hybridized carbons (Fsp3) is 0.750. The van der Waals surface area contributed by atoms with Crippen molar-refractivity contribution in [2.45, 2.75) is 22.3 Å². The molecule has 0 rings (SSSR count). The quantitative estimate of drug-likeness (QED) is 0.324. The summed E-state index contributed by atoms with van der Waals surface area (Å²) in [5.74, 6) is 0. The summed E-state index contributed by atoms with van der Waals surface area (Å²) in [5.41, 5.74) is 0. The maximum atomic E-state index is 9.53. The molecule has 0 heterocycles. The summed E-state index contributed by atoms with van der Waals surface area (Å²) in [6.45, 7) is 0. The van der Waals surface area contributed by atoms with E-state index in [0.717, 1.165) is 0 Å². The average molecular weight is 170 g/mol. The van der Waals surface area contributed by atoms with Crippen LogP contribution in [0.2, 0.25) is 0 Å². The van der Waals surface area contributed by atoms with Gasteiger partial charge in [0.2, 0.25) is 0 Å². The van der Waals surface area contributed by atoms with Crippen molar-refractivity contribution in [3.63, 3.8) is 0 Å². The van der Waals surface area contributed by atoms with E-state index < -0.39 is 14.5 Å². The van der Waals surface area contributed by atoms with Gasteiger partial charge in [-0.2, -0.15) is 0 Å². The van der Waals surface area contributed by atoms with E-state index in [-0.39, 0.29) is 22.3 Å². The average Bonchev–Trinajstić information content (AvgIpc) is 1.36. The van der Waals surface area contributed by atoms with Gasteiger partial charge in [-0.1, -0.05) is 22.3 Å². The van der Waals surface area contributed by atoms with Crippen LogP contribution in [-0.4, -0.2) is 5.23 Å². The van der Waals surface area contributed by atoms with Gasteiger partial charge in [-0.25, -0.2) is 11.2 Å². The molecule has 0 amide bonds. The Hall–Kier alpha value is -0.160. The highest BCUT2D eigenvalue weighted by Crippen LogP contribution is 1.55. The molecule has 0 saturated carbocycles. The molecule has 60 valence electrons. The molecule has 3 nitrogen and oxygen atoms in total. The summed E-state index contributed by atoms with van der Waals surface area (Å²) in [6, 6.07) is 0. The van der Waals surface area contributed by atoms with E-state index in [9.17, 15) is 5.11 Å². The number of nitrogens with one attached hydrogen (secondary N) is 2. The maximum Gasteiger partial charge on any atom is -0.0776 e. The molecule has 0 bridgehead atoms. The second-order valence-electron chi connectivity index (χ2n) is 0.556. The zero-order valence-electron chi connectivity index (χ0n) is 2.72. The lowest BCUT2D eigenvalue weighted by molar-refractivity contribution is -0.207. The first-order valence-corrected chi connectivity index (χ1v) is 3.18. The van der Waals surface area contributed by atoms with Crippen molar-refractivity contribution in [1.29, 1.82) is 10.2 Å². The van der Waals surface area contributed by atoms with E-state index in [4.69, 9.17) is 10.2 Å². The maximum absolute atomic E-state index is 9.53. The molecule has 0 aliphatic carbocycles. The van der Waals surface area contributed by atoms with Gasteiger partial charge in [0.25, 0.3) is 0 Å². The molecule has 0 aromatic rings. The molecule has 0 unspecified atom stereocenters. The van der Waals surface area contributed by atoms with Crippen molar-refractivity contribution < 1.29 is 5.11 Å². The van der Waals surface area contributed by atoms with Crippen LogP contribution in [0.3, 0.4) is 0 Å². The standard InChI is InChI=1S/CH3N2OS2.3CH4/c2-1(4)6(3)5;;;/h3H,(H2,2,4);3*1H4/q-1;;;/p-1. The van der Waals surface area contributed by atoms with Crippen LogP contribution in [0.5, 0.6) is 0 Å². The lowest BCUT2D eigenvalue weighted by Crippen LogP contribution is -2.14. The molecule has 0 radical (unpaired) electrons. The van der Waals surface area contributed by atoms with Crippen LogP contribution in [0.25, 0.3) is 0 Å². The third-order valence-corrected chi connectivity index (χ3v) is 0.959. The van der Waals surface area contributed by atoms with Crippen LogP contribution in [-0.2, 0) is 20.4 Å². The molecule has 0 spiro atoms. The molecular formula is C4H14N2OS2-2.